The van der Waals surface area contributed by atoms with Crippen LogP contribution in [0.5, 0.6) is 11.5 Å². The summed E-state index contributed by atoms with van der Waals surface area (Å²) in [5.41, 5.74) is 3.75. The Labute approximate surface area is 175 Å². The van der Waals surface area contributed by atoms with E-state index in [1.807, 2.05) is 49.4 Å². The molecule has 1 unspecified atom stereocenters. The van der Waals surface area contributed by atoms with Gasteiger partial charge in [0.25, 0.3) is 0 Å². The number of hydrogen-bond donors (Lipinski definition) is 1. The fraction of sp³-hybridized carbons (Fsp3) is 0.348. The van der Waals surface area contributed by atoms with Gasteiger partial charge < -0.3 is 14.6 Å². The Morgan fingerprint density at radius 1 is 1.07 bits per heavy atom. The number of carboxylic acid groups (broad SMARTS) is 1. The molecule has 0 bridgehead atoms. The molecule has 0 saturated carbocycles. The lowest BCUT2D eigenvalue weighted by Crippen LogP contribution is -2.27. The predicted octanol–water partition coefficient (Wildman–Crippen LogP) is 3.94. The normalized spacial score (nSPS) is 15.6. The van der Waals surface area contributed by atoms with Gasteiger partial charge in [0.2, 0.25) is 5.91 Å². The highest BCUT2D eigenvalue weighted by Gasteiger charge is 2.33. The Kier molecular flexibility index (Phi) is 6.72. The summed E-state index contributed by atoms with van der Waals surface area (Å²) in [4.78, 5) is 23.7. The number of hydrogen-bond acceptors (Lipinski definition) is 5. The third kappa shape index (κ3) is 4.79. The van der Waals surface area contributed by atoms with Crippen molar-refractivity contribution >= 4 is 17.6 Å². The lowest BCUT2D eigenvalue weighted by atomic mass is 9.97. The first-order valence-corrected chi connectivity index (χ1v) is 9.83. The molecule has 3 rings (SSSR count). The van der Waals surface area contributed by atoms with Gasteiger partial charge in [0.1, 0.15) is 0 Å². The SMILES string of the molecule is COc1ccc(C2=NN(C(=O)CCCC(=O)O)C(c3ccc(C)cc3)C2)cc1OC. The van der Waals surface area contributed by atoms with Gasteiger partial charge in [-0.15, -0.1) is 0 Å². The van der Waals surface area contributed by atoms with Gasteiger partial charge >= 0.3 is 5.97 Å². The van der Waals surface area contributed by atoms with Crippen LogP contribution in [-0.4, -0.2) is 41.9 Å². The first-order chi connectivity index (χ1) is 14.4. The van der Waals surface area contributed by atoms with Gasteiger partial charge in [-0.3, -0.25) is 9.59 Å². The van der Waals surface area contributed by atoms with E-state index in [9.17, 15) is 9.59 Å². The average Bonchev–Trinajstić information content (AvgIpc) is 3.19. The predicted molar refractivity (Wildman–Crippen MR) is 113 cm³/mol. The van der Waals surface area contributed by atoms with Crippen molar-refractivity contribution in [3.8, 4) is 11.5 Å². The molecule has 1 atom stereocenters. The van der Waals surface area contributed by atoms with Crippen molar-refractivity contribution in [2.45, 2.75) is 38.6 Å². The van der Waals surface area contributed by atoms with E-state index in [4.69, 9.17) is 14.6 Å². The smallest absolute Gasteiger partial charge is 0.303 e. The number of carboxylic acids is 1. The molecule has 0 radical (unpaired) electrons. The topological polar surface area (TPSA) is 88.4 Å². The van der Waals surface area contributed by atoms with E-state index < -0.39 is 5.97 Å². The number of carbonyl (C=O) groups is 2. The number of rotatable bonds is 8. The van der Waals surface area contributed by atoms with E-state index in [1.54, 1.807) is 14.2 Å². The van der Waals surface area contributed by atoms with Gasteiger partial charge in [0.05, 0.1) is 26.0 Å². The average molecular weight is 410 g/mol. The lowest BCUT2D eigenvalue weighted by Gasteiger charge is -2.22. The van der Waals surface area contributed by atoms with Crippen LogP contribution in [0.3, 0.4) is 0 Å². The molecule has 30 heavy (non-hydrogen) atoms. The van der Waals surface area contributed by atoms with E-state index >= 15 is 0 Å². The van der Waals surface area contributed by atoms with Gasteiger partial charge in [-0.05, 0) is 37.1 Å². The minimum Gasteiger partial charge on any atom is -0.493 e. The van der Waals surface area contributed by atoms with Gasteiger partial charge in [-0.25, -0.2) is 5.01 Å². The third-order valence-corrected chi connectivity index (χ3v) is 5.13. The zero-order chi connectivity index (χ0) is 21.7. The highest BCUT2D eigenvalue weighted by molar-refractivity contribution is 6.03. The highest BCUT2D eigenvalue weighted by atomic mass is 16.5. The minimum atomic E-state index is -0.908. The minimum absolute atomic E-state index is 0.0406. The van der Waals surface area contributed by atoms with E-state index in [0.29, 0.717) is 17.9 Å². The number of methoxy groups -OCH3 is 2. The van der Waals surface area contributed by atoms with Crippen LogP contribution in [0.15, 0.2) is 47.6 Å². The highest BCUT2D eigenvalue weighted by Crippen LogP contribution is 2.36. The van der Waals surface area contributed by atoms with E-state index in [1.165, 1.54) is 5.01 Å². The molecule has 0 fully saturated rings. The number of amides is 1. The summed E-state index contributed by atoms with van der Waals surface area (Å²) in [7, 11) is 3.15. The summed E-state index contributed by atoms with van der Waals surface area (Å²) in [5, 5.41) is 15.0. The largest absolute Gasteiger partial charge is 0.493 e. The van der Waals surface area contributed by atoms with Crippen molar-refractivity contribution in [2.75, 3.05) is 14.2 Å². The standard InChI is InChI=1S/C23H26N2O5/c1-15-7-9-16(10-8-15)19-14-18(17-11-12-20(29-2)21(13-17)30-3)24-25(19)22(26)5-4-6-23(27)28/h7-13,19H,4-6,14H2,1-3H3,(H,27,28). The third-order valence-electron chi connectivity index (χ3n) is 5.13. The molecule has 0 aromatic heterocycles. The van der Waals surface area contributed by atoms with Crippen molar-refractivity contribution in [3.63, 3.8) is 0 Å². The van der Waals surface area contributed by atoms with E-state index in [-0.39, 0.29) is 31.2 Å². The first-order valence-electron chi connectivity index (χ1n) is 9.83. The van der Waals surface area contributed by atoms with E-state index in [0.717, 1.165) is 22.4 Å². The number of aryl methyl sites for hydroxylation is 1. The maximum atomic E-state index is 12.9. The first kappa shape index (κ1) is 21.4. The second-order valence-electron chi connectivity index (χ2n) is 7.23. The zero-order valence-electron chi connectivity index (χ0n) is 17.4. The van der Waals surface area contributed by atoms with Crippen LogP contribution in [0.1, 0.15) is 48.4 Å². The van der Waals surface area contributed by atoms with Crippen molar-refractivity contribution in [1.82, 2.24) is 5.01 Å². The number of benzene rings is 2. The van der Waals surface area contributed by atoms with Gasteiger partial charge in [0.15, 0.2) is 11.5 Å². The molecular formula is C23H26N2O5. The summed E-state index contributed by atoms with van der Waals surface area (Å²) in [5.74, 6) is 0.124. The van der Waals surface area contributed by atoms with Gasteiger partial charge in [-0.2, -0.15) is 5.10 Å². The van der Waals surface area contributed by atoms with Gasteiger partial charge in [0, 0.05) is 24.8 Å². The summed E-state index contributed by atoms with van der Waals surface area (Å²) in [6, 6.07) is 13.4. The molecular weight excluding hydrogens is 384 g/mol. The van der Waals surface area contributed by atoms with Crippen molar-refractivity contribution < 1.29 is 24.2 Å². The van der Waals surface area contributed by atoms with Crippen LogP contribution < -0.4 is 9.47 Å². The summed E-state index contributed by atoms with van der Waals surface area (Å²) in [6.45, 7) is 2.01. The van der Waals surface area contributed by atoms with Crippen LogP contribution in [0.4, 0.5) is 0 Å². The molecule has 1 N–H and O–H groups in total. The second-order valence-corrected chi connectivity index (χ2v) is 7.23. The Balaban J connectivity index is 1.90. The number of nitrogens with zero attached hydrogens (tertiary/aromatic N) is 2. The number of carbonyl (C=O) groups excluding carboxylic acids is 1. The number of aliphatic carboxylic acids is 1. The molecule has 1 aliphatic heterocycles. The van der Waals surface area contributed by atoms with Crippen molar-refractivity contribution in [2.24, 2.45) is 5.10 Å². The van der Waals surface area contributed by atoms with Crippen LogP contribution in [0.2, 0.25) is 0 Å². The zero-order valence-corrected chi connectivity index (χ0v) is 17.4. The van der Waals surface area contributed by atoms with Crippen LogP contribution in [-0.2, 0) is 9.59 Å². The Morgan fingerprint density at radius 2 is 1.77 bits per heavy atom. The Hall–Kier alpha value is -3.35. The van der Waals surface area contributed by atoms with Crippen molar-refractivity contribution in [1.29, 1.82) is 0 Å². The van der Waals surface area contributed by atoms with Crippen molar-refractivity contribution in [3.05, 3.63) is 59.2 Å². The summed E-state index contributed by atoms with van der Waals surface area (Å²) in [6.07, 6.45) is 0.939. The monoisotopic (exact) mass is 410 g/mol. The second kappa shape index (κ2) is 9.43. The Bertz CT molecular complexity index is 953. The maximum Gasteiger partial charge on any atom is 0.303 e. The fourth-order valence-electron chi connectivity index (χ4n) is 3.48. The van der Waals surface area contributed by atoms with E-state index in [2.05, 4.69) is 5.10 Å². The quantitative estimate of drug-likeness (QED) is 0.712. The molecule has 158 valence electrons. The molecule has 1 aliphatic rings. The van der Waals surface area contributed by atoms with Crippen LogP contribution in [0, 0.1) is 6.92 Å². The Morgan fingerprint density at radius 3 is 2.40 bits per heavy atom. The maximum absolute atomic E-state index is 12.9. The van der Waals surface area contributed by atoms with Gasteiger partial charge in [-0.1, -0.05) is 29.8 Å². The molecule has 7 nitrogen and oxygen atoms in total. The molecule has 1 heterocycles. The summed E-state index contributed by atoms with van der Waals surface area (Å²) < 4.78 is 10.7. The fourth-order valence-corrected chi connectivity index (χ4v) is 3.48. The molecule has 0 spiro atoms. The number of ether oxygens (including phenoxy) is 2. The molecule has 2 aromatic carbocycles. The molecule has 0 saturated heterocycles. The molecule has 0 aliphatic carbocycles. The number of hydrazone groups is 1. The summed E-state index contributed by atoms with van der Waals surface area (Å²) >= 11 is 0. The molecule has 2 aromatic rings. The molecule has 1 amide bonds. The molecule has 7 heteroatoms. The van der Waals surface area contributed by atoms with Crippen LogP contribution >= 0.6 is 0 Å². The van der Waals surface area contributed by atoms with Crippen LogP contribution in [0.25, 0.3) is 0 Å². The lowest BCUT2D eigenvalue weighted by molar-refractivity contribution is -0.137.